The van der Waals surface area contributed by atoms with Crippen molar-refractivity contribution in [1.29, 1.82) is 0 Å². The van der Waals surface area contributed by atoms with E-state index in [1.54, 1.807) is 6.20 Å². The van der Waals surface area contributed by atoms with Crippen molar-refractivity contribution in [3.63, 3.8) is 0 Å². The van der Waals surface area contributed by atoms with Crippen LogP contribution in [0.3, 0.4) is 0 Å². The molecule has 0 amide bonds. The quantitative estimate of drug-likeness (QED) is 0.843. The monoisotopic (exact) mass is 221 g/mol. The number of nitrogen functional groups attached to an aromatic ring is 1. The molecule has 0 unspecified atom stereocenters. The molecule has 0 aromatic carbocycles. The number of anilines is 2. The molecule has 1 aliphatic heterocycles. The second kappa shape index (κ2) is 5.16. The van der Waals surface area contributed by atoms with Gasteiger partial charge in [-0.15, -0.1) is 0 Å². The third kappa shape index (κ3) is 2.64. The van der Waals surface area contributed by atoms with Crippen LogP contribution in [0.15, 0.2) is 18.3 Å². The highest BCUT2D eigenvalue weighted by atomic mass is 16.5. The van der Waals surface area contributed by atoms with Crippen LogP contribution in [0.4, 0.5) is 11.5 Å². The van der Waals surface area contributed by atoms with E-state index in [1.165, 1.54) is 0 Å². The van der Waals surface area contributed by atoms with Crippen LogP contribution in [-0.4, -0.2) is 30.8 Å². The topological polar surface area (TPSA) is 51.4 Å². The lowest BCUT2D eigenvalue weighted by Crippen LogP contribution is -2.37. The molecular formula is C12H19N3O. The van der Waals surface area contributed by atoms with Gasteiger partial charge in [0.15, 0.2) is 0 Å². The molecule has 0 aliphatic carbocycles. The molecule has 1 saturated heterocycles. The van der Waals surface area contributed by atoms with Crippen LogP contribution in [0.1, 0.15) is 19.8 Å². The number of nitrogens with zero attached hydrogens (tertiary/aromatic N) is 2. The summed E-state index contributed by atoms with van der Waals surface area (Å²) in [6, 6.07) is 3.88. The average molecular weight is 221 g/mol. The van der Waals surface area contributed by atoms with Crippen molar-refractivity contribution in [2.24, 2.45) is 0 Å². The van der Waals surface area contributed by atoms with Gasteiger partial charge in [0.25, 0.3) is 0 Å². The Morgan fingerprint density at radius 1 is 1.44 bits per heavy atom. The summed E-state index contributed by atoms with van der Waals surface area (Å²) in [5, 5.41) is 0. The van der Waals surface area contributed by atoms with Gasteiger partial charge in [0.2, 0.25) is 0 Å². The highest BCUT2D eigenvalue weighted by molar-refractivity contribution is 5.45. The number of hydrogen-bond donors (Lipinski definition) is 1. The maximum absolute atomic E-state index is 5.62. The summed E-state index contributed by atoms with van der Waals surface area (Å²) in [6.45, 7) is 4.89. The molecule has 0 spiro atoms. The second-order valence-electron chi connectivity index (χ2n) is 4.09. The highest BCUT2D eigenvalue weighted by Gasteiger charge is 2.19. The van der Waals surface area contributed by atoms with Gasteiger partial charge in [-0.3, -0.25) is 0 Å². The molecule has 88 valence electrons. The highest BCUT2D eigenvalue weighted by Crippen LogP contribution is 2.19. The lowest BCUT2D eigenvalue weighted by atomic mass is 10.1. The van der Waals surface area contributed by atoms with Crippen LogP contribution < -0.4 is 10.6 Å². The normalized spacial score (nSPS) is 17.7. The molecule has 0 bridgehead atoms. The van der Waals surface area contributed by atoms with Crippen molar-refractivity contribution < 1.29 is 4.74 Å². The van der Waals surface area contributed by atoms with Gasteiger partial charge >= 0.3 is 0 Å². The molecule has 1 fully saturated rings. The Morgan fingerprint density at radius 3 is 2.75 bits per heavy atom. The second-order valence-corrected chi connectivity index (χ2v) is 4.09. The van der Waals surface area contributed by atoms with E-state index in [0.29, 0.717) is 11.8 Å². The van der Waals surface area contributed by atoms with E-state index in [9.17, 15) is 0 Å². The Balaban J connectivity index is 1.91. The van der Waals surface area contributed by atoms with Crippen molar-refractivity contribution in [3.05, 3.63) is 18.3 Å². The Morgan fingerprint density at radius 2 is 2.19 bits per heavy atom. The largest absolute Gasteiger partial charge is 0.397 e. The molecule has 2 rings (SSSR count). The van der Waals surface area contributed by atoms with E-state index >= 15 is 0 Å². The molecule has 16 heavy (non-hydrogen) atoms. The summed E-state index contributed by atoms with van der Waals surface area (Å²) in [6.07, 6.45) is 4.30. The van der Waals surface area contributed by atoms with Crippen molar-refractivity contribution >= 4 is 11.5 Å². The molecule has 0 saturated carbocycles. The molecule has 1 aliphatic rings. The zero-order chi connectivity index (χ0) is 11.4. The van der Waals surface area contributed by atoms with Gasteiger partial charge in [-0.1, -0.05) is 0 Å². The van der Waals surface area contributed by atoms with E-state index in [1.807, 2.05) is 19.1 Å². The minimum Gasteiger partial charge on any atom is -0.397 e. The number of ether oxygens (including phenoxy) is 1. The van der Waals surface area contributed by atoms with Crippen molar-refractivity contribution in [2.45, 2.75) is 25.9 Å². The third-order valence-corrected chi connectivity index (χ3v) is 2.94. The minimum atomic E-state index is 0.426. The van der Waals surface area contributed by atoms with Crippen LogP contribution in [0, 0.1) is 0 Å². The van der Waals surface area contributed by atoms with E-state index in [-0.39, 0.29) is 0 Å². The summed E-state index contributed by atoms with van der Waals surface area (Å²) >= 11 is 0. The van der Waals surface area contributed by atoms with Gasteiger partial charge in [0, 0.05) is 19.7 Å². The van der Waals surface area contributed by atoms with Crippen LogP contribution in [0.25, 0.3) is 0 Å². The molecule has 0 atom stereocenters. The zero-order valence-electron chi connectivity index (χ0n) is 9.72. The molecule has 2 heterocycles. The number of piperidine rings is 1. The van der Waals surface area contributed by atoms with Crippen molar-refractivity contribution in [1.82, 2.24) is 4.98 Å². The van der Waals surface area contributed by atoms with Crippen molar-refractivity contribution in [3.8, 4) is 0 Å². The summed E-state index contributed by atoms with van der Waals surface area (Å²) in [4.78, 5) is 6.62. The van der Waals surface area contributed by atoms with Crippen LogP contribution in [-0.2, 0) is 4.74 Å². The van der Waals surface area contributed by atoms with Gasteiger partial charge in [-0.25, -0.2) is 4.98 Å². The van der Waals surface area contributed by atoms with E-state index < -0.39 is 0 Å². The first kappa shape index (κ1) is 11.2. The van der Waals surface area contributed by atoms with Gasteiger partial charge in [0.05, 0.1) is 18.0 Å². The molecule has 1 aromatic heterocycles. The lowest BCUT2D eigenvalue weighted by Gasteiger charge is -2.32. The van der Waals surface area contributed by atoms with Gasteiger partial charge < -0.3 is 15.4 Å². The molecule has 0 radical (unpaired) electrons. The third-order valence-electron chi connectivity index (χ3n) is 2.94. The Kier molecular flexibility index (Phi) is 3.62. The first-order chi connectivity index (χ1) is 7.79. The summed E-state index contributed by atoms with van der Waals surface area (Å²) in [5.41, 5.74) is 6.33. The fraction of sp³-hybridized carbons (Fsp3) is 0.583. The number of aromatic nitrogens is 1. The minimum absolute atomic E-state index is 0.426. The Hall–Kier alpha value is -1.29. The molecular weight excluding hydrogens is 202 g/mol. The zero-order valence-corrected chi connectivity index (χ0v) is 9.72. The summed E-state index contributed by atoms with van der Waals surface area (Å²) < 4.78 is 5.62. The summed E-state index contributed by atoms with van der Waals surface area (Å²) in [7, 11) is 0. The molecule has 2 N–H and O–H groups in total. The van der Waals surface area contributed by atoms with E-state index in [0.717, 1.165) is 38.4 Å². The molecule has 4 heteroatoms. The van der Waals surface area contributed by atoms with E-state index in [2.05, 4.69) is 9.88 Å². The van der Waals surface area contributed by atoms with Crippen LogP contribution in [0.5, 0.6) is 0 Å². The smallest absolute Gasteiger partial charge is 0.128 e. The Labute approximate surface area is 96.4 Å². The standard InChI is InChI=1S/C12H19N3O/c1-2-16-11-5-7-15(8-6-11)12-4-3-10(13)9-14-12/h3-4,9,11H,2,5-8,13H2,1H3. The average Bonchev–Trinajstić information content (AvgIpc) is 2.32. The fourth-order valence-corrected chi connectivity index (χ4v) is 2.07. The number of nitrogens with two attached hydrogens (primary N) is 1. The number of rotatable bonds is 3. The first-order valence-corrected chi connectivity index (χ1v) is 5.87. The maximum Gasteiger partial charge on any atom is 0.128 e. The fourth-order valence-electron chi connectivity index (χ4n) is 2.07. The van der Waals surface area contributed by atoms with Gasteiger partial charge in [0.1, 0.15) is 5.82 Å². The van der Waals surface area contributed by atoms with Gasteiger partial charge in [-0.2, -0.15) is 0 Å². The predicted octanol–water partition coefficient (Wildman–Crippen LogP) is 1.67. The maximum atomic E-state index is 5.62. The molecule has 4 nitrogen and oxygen atoms in total. The van der Waals surface area contributed by atoms with E-state index in [4.69, 9.17) is 10.5 Å². The van der Waals surface area contributed by atoms with Crippen LogP contribution in [0.2, 0.25) is 0 Å². The SMILES string of the molecule is CCOC1CCN(c2ccc(N)cn2)CC1. The predicted molar refractivity (Wildman–Crippen MR) is 65.5 cm³/mol. The number of hydrogen-bond acceptors (Lipinski definition) is 4. The number of pyridine rings is 1. The first-order valence-electron chi connectivity index (χ1n) is 5.87. The van der Waals surface area contributed by atoms with Crippen molar-refractivity contribution in [2.75, 3.05) is 30.3 Å². The Bertz CT molecular complexity index is 318. The van der Waals surface area contributed by atoms with Crippen LogP contribution >= 0.6 is 0 Å². The summed E-state index contributed by atoms with van der Waals surface area (Å²) in [5.74, 6) is 1.02. The lowest BCUT2D eigenvalue weighted by molar-refractivity contribution is 0.0458. The van der Waals surface area contributed by atoms with Gasteiger partial charge in [-0.05, 0) is 31.9 Å². The molecule has 1 aromatic rings.